The Bertz CT molecular complexity index is 882. The lowest BCUT2D eigenvalue weighted by atomic mass is 10.2. The Labute approximate surface area is 171 Å². The number of methoxy groups -OCH3 is 1. The van der Waals surface area contributed by atoms with Crippen molar-refractivity contribution in [2.45, 2.75) is 0 Å². The van der Waals surface area contributed by atoms with Crippen LogP contribution in [0.3, 0.4) is 0 Å². The molecule has 0 spiro atoms. The highest BCUT2D eigenvalue weighted by Gasteiger charge is 2.10. The summed E-state index contributed by atoms with van der Waals surface area (Å²) in [6, 6.07) is 10.8. The Balaban J connectivity index is 2.03. The van der Waals surface area contributed by atoms with Crippen molar-refractivity contribution in [3.8, 4) is 11.5 Å². The summed E-state index contributed by atoms with van der Waals surface area (Å²) in [5.74, 6) is 0.738. The largest absolute Gasteiger partial charge is 0.493 e. The van der Waals surface area contributed by atoms with Crippen molar-refractivity contribution in [3.05, 3.63) is 75.8 Å². The number of nitrogens with one attached hydrogen (secondary N) is 1. The van der Waals surface area contributed by atoms with Crippen LogP contribution in [0.2, 0.25) is 5.02 Å². The Hall–Kier alpha value is -2.57. The first-order chi connectivity index (χ1) is 13.0. The summed E-state index contributed by atoms with van der Waals surface area (Å²) in [7, 11) is 1.55. The van der Waals surface area contributed by atoms with E-state index in [2.05, 4.69) is 33.0 Å². The molecule has 5 nitrogen and oxygen atoms in total. The number of carbonyl (C=O) groups is 1. The van der Waals surface area contributed by atoms with Gasteiger partial charge >= 0.3 is 0 Å². The fourth-order valence-electron chi connectivity index (χ4n) is 2.08. The third-order valence-electron chi connectivity index (χ3n) is 3.31. The quantitative estimate of drug-likeness (QED) is 0.271. The zero-order chi connectivity index (χ0) is 19.6. The summed E-state index contributed by atoms with van der Waals surface area (Å²) in [5, 5.41) is 4.51. The number of nitrogens with zero attached hydrogens (tertiary/aromatic N) is 1. The molecule has 0 heterocycles. The zero-order valence-corrected chi connectivity index (χ0v) is 17.0. The fraction of sp³-hybridized carbons (Fsp3) is 0.100. The molecule has 0 fully saturated rings. The molecule has 2 aromatic rings. The first-order valence-corrected chi connectivity index (χ1v) is 9.09. The lowest BCUT2D eigenvalue weighted by Gasteiger charge is -2.12. The second-order valence-electron chi connectivity index (χ2n) is 5.22. The number of hydrogen-bond donors (Lipinski definition) is 1. The van der Waals surface area contributed by atoms with Gasteiger partial charge in [-0.3, -0.25) is 4.79 Å². The molecule has 0 saturated heterocycles. The van der Waals surface area contributed by atoms with Crippen LogP contribution < -0.4 is 14.9 Å². The minimum Gasteiger partial charge on any atom is -0.493 e. The minimum atomic E-state index is -0.372. The van der Waals surface area contributed by atoms with E-state index >= 15 is 0 Å². The van der Waals surface area contributed by atoms with Gasteiger partial charge in [0.25, 0.3) is 5.91 Å². The Morgan fingerprint density at radius 3 is 2.85 bits per heavy atom. The average Bonchev–Trinajstić information content (AvgIpc) is 2.66. The highest BCUT2D eigenvalue weighted by atomic mass is 79.9. The zero-order valence-electron chi connectivity index (χ0n) is 14.6. The Morgan fingerprint density at radius 1 is 1.37 bits per heavy atom. The average molecular weight is 450 g/mol. The maximum absolute atomic E-state index is 11.9. The first kappa shape index (κ1) is 20.7. The van der Waals surface area contributed by atoms with Crippen LogP contribution in [0, 0.1) is 0 Å². The number of benzene rings is 2. The molecule has 0 aliphatic rings. The monoisotopic (exact) mass is 448 g/mol. The number of carbonyl (C=O) groups excluding carboxylic acids is 1. The van der Waals surface area contributed by atoms with Crippen molar-refractivity contribution >= 4 is 45.7 Å². The van der Waals surface area contributed by atoms with Gasteiger partial charge in [0.15, 0.2) is 11.5 Å². The van der Waals surface area contributed by atoms with Crippen molar-refractivity contribution in [1.82, 2.24) is 5.43 Å². The third-order valence-corrected chi connectivity index (χ3v) is 4.24. The van der Waals surface area contributed by atoms with Crippen LogP contribution in [-0.4, -0.2) is 25.8 Å². The maximum Gasteiger partial charge on any atom is 0.264 e. The van der Waals surface area contributed by atoms with E-state index in [0.717, 1.165) is 11.1 Å². The van der Waals surface area contributed by atoms with Crippen molar-refractivity contribution in [2.24, 2.45) is 5.10 Å². The molecule has 7 heteroatoms. The molecule has 0 atom stereocenters. The Morgan fingerprint density at radius 2 is 2.15 bits per heavy atom. The lowest BCUT2D eigenvalue weighted by molar-refractivity contribution is -0.116. The van der Waals surface area contributed by atoms with Crippen molar-refractivity contribution < 1.29 is 14.3 Å². The van der Waals surface area contributed by atoms with Gasteiger partial charge in [0, 0.05) is 11.1 Å². The van der Waals surface area contributed by atoms with Crippen LogP contribution in [0.15, 0.2) is 64.7 Å². The molecule has 0 saturated carbocycles. The predicted molar refractivity (Wildman–Crippen MR) is 113 cm³/mol. The number of ether oxygens (including phenoxy) is 2. The standard InChI is InChI=1S/C20H18BrClN2O3/c1-3-10-27-20-16(21)11-14(12-18(20)26-2)13-23-24-19(25)9-8-15-6-4-5-7-17(15)22/h3-9,11-13H,1,10H2,2H3,(H,24,25)/b9-8+,23-13-. The van der Waals surface area contributed by atoms with Gasteiger partial charge in [0.2, 0.25) is 0 Å². The summed E-state index contributed by atoms with van der Waals surface area (Å²) < 4.78 is 11.6. The molecule has 1 amide bonds. The van der Waals surface area contributed by atoms with E-state index in [-0.39, 0.29) is 5.91 Å². The Kier molecular flexibility index (Phi) is 8.10. The highest BCUT2D eigenvalue weighted by molar-refractivity contribution is 9.10. The van der Waals surface area contributed by atoms with Crippen molar-refractivity contribution in [2.75, 3.05) is 13.7 Å². The van der Waals surface area contributed by atoms with Gasteiger partial charge in [-0.25, -0.2) is 5.43 Å². The summed E-state index contributed by atoms with van der Waals surface area (Å²) >= 11 is 9.47. The van der Waals surface area contributed by atoms with E-state index in [0.29, 0.717) is 27.6 Å². The lowest BCUT2D eigenvalue weighted by Crippen LogP contribution is -2.14. The van der Waals surface area contributed by atoms with E-state index in [9.17, 15) is 4.79 Å². The van der Waals surface area contributed by atoms with E-state index in [1.807, 2.05) is 18.2 Å². The summed E-state index contributed by atoms with van der Waals surface area (Å²) in [6.45, 7) is 3.98. The molecule has 0 aliphatic heterocycles. The molecular formula is C20H18BrClN2O3. The maximum atomic E-state index is 11.9. The molecule has 2 aromatic carbocycles. The van der Waals surface area contributed by atoms with Gasteiger partial charge in [-0.1, -0.05) is 42.5 Å². The second kappa shape index (κ2) is 10.5. The van der Waals surface area contributed by atoms with Crippen molar-refractivity contribution in [1.29, 1.82) is 0 Å². The molecule has 0 bridgehead atoms. The van der Waals surface area contributed by atoms with Crippen LogP contribution in [0.1, 0.15) is 11.1 Å². The summed E-state index contributed by atoms with van der Waals surface area (Å²) in [4.78, 5) is 11.9. The third kappa shape index (κ3) is 6.27. The van der Waals surface area contributed by atoms with Gasteiger partial charge < -0.3 is 9.47 Å². The van der Waals surface area contributed by atoms with Gasteiger partial charge in [0.1, 0.15) is 6.61 Å². The molecule has 0 radical (unpaired) electrons. The topological polar surface area (TPSA) is 59.9 Å². The molecule has 140 valence electrons. The van der Waals surface area contributed by atoms with E-state index in [1.54, 1.807) is 37.5 Å². The van der Waals surface area contributed by atoms with E-state index in [4.69, 9.17) is 21.1 Å². The van der Waals surface area contributed by atoms with Gasteiger partial charge in [0.05, 0.1) is 17.8 Å². The fourth-order valence-corrected chi connectivity index (χ4v) is 2.85. The molecular weight excluding hydrogens is 432 g/mol. The smallest absolute Gasteiger partial charge is 0.264 e. The van der Waals surface area contributed by atoms with Crippen molar-refractivity contribution in [3.63, 3.8) is 0 Å². The van der Waals surface area contributed by atoms with Crippen LogP contribution in [0.25, 0.3) is 6.08 Å². The number of halogens is 2. The number of hydrogen-bond acceptors (Lipinski definition) is 4. The minimum absolute atomic E-state index is 0.357. The normalized spacial score (nSPS) is 10.9. The van der Waals surface area contributed by atoms with Crippen LogP contribution in [0.4, 0.5) is 0 Å². The van der Waals surface area contributed by atoms with Crippen LogP contribution in [-0.2, 0) is 4.79 Å². The van der Waals surface area contributed by atoms with E-state index in [1.165, 1.54) is 12.3 Å². The molecule has 1 N–H and O–H groups in total. The predicted octanol–water partition coefficient (Wildman–Crippen LogP) is 4.84. The van der Waals surface area contributed by atoms with Gasteiger partial charge in [-0.15, -0.1) is 0 Å². The molecule has 0 unspecified atom stereocenters. The van der Waals surface area contributed by atoms with Gasteiger partial charge in [-0.05, 0) is 51.3 Å². The number of rotatable bonds is 8. The van der Waals surface area contributed by atoms with Crippen LogP contribution >= 0.6 is 27.5 Å². The highest BCUT2D eigenvalue weighted by Crippen LogP contribution is 2.36. The molecule has 0 aliphatic carbocycles. The first-order valence-electron chi connectivity index (χ1n) is 7.92. The van der Waals surface area contributed by atoms with Gasteiger partial charge in [-0.2, -0.15) is 5.10 Å². The second-order valence-corrected chi connectivity index (χ2v) is 6.48. The SMILES string of the molecule is C=CCOc1c(Br)cc(/C=N\NC(=O)/C=C/c2ccccc2Cl)cc1OC. The number of amides is 1. The summed E-state index contributed by atoms with van der Waals surface area (Å²) in [6.07, 6.45) is 6.14. The summed E-state index contributed by atoms with van der Waals surface area (Å²) in [5.41, 5.74) is 3.90. The number of hydrazone groups is 1. The molecule has 27 heavy (non-hydrogen) atoms. The van der Waals surface area contributed by atoms with Crippen LogP contribution in [0.5, 0.6) is 11.5 Å². The molecule has 2 rings (SSSR count). The van der Waals surface area contributed by atoms with E-state index < -0.39 is 0 Å². The molecule has 0 aromatic heterocycles.